The molecule has 0 bridgehead atoms. The second-order valence-electron chi connectivity index (χ2n) is 3.33. The van der Waals surface area contributed by atoms with E-state index in [9.17, 15) is 0 Å². The smallest absolute Gasteiger partial charge is 0.0453 e. The fourth-order valence-corrected chi connectivity index (χ4v) is 2.47. The third-order valence-corrected chi connectivity index (χ3v) is 3.50. The Morgan fingerprint density at radius 2 is 1.94 bits per heavy atom. The van der Waals surface area contributed by atoms with Crippen LogP contribution in [0.25, 0.3) is 0 Å². The highest BCUT2D eigenvalue weighted by atomic mass is 35.5. The molecule has 2 aromatic rings. The van der Waals surface area contributed by atoms with Crippen LogP contribution in [0.15, 0.2) is 47.6 Å². The molecule has 0 saturated heterocycles. The van der Waals surface area contributed by atoms with Gasteiger partial charge in [-0.2, -0.15) is 0 Å². The lowest BCUT2D eigenvalue weighted by Crippen LogP contribution is -1.89. The van der Waals surface area contributed by atoms with Crippen LogP contribution in [-0.2, 0) is 5.75 Å². The van der Waals surface area contributed by atoms with E-state index in [0.717, 1.165) is 16.3 Å². The summed E-state index contributed by atoms with van der Waals surface area (Å²) < 4.78 is 0. The molecule has 0 atom stereocenters. The van der Waals surface area contributed by atoms with E-state index in [2.05, 4.69) is 4.98 Å². The molecular formula is C12H11ClN2S. The second kappa shape index (κ2) is 5.23. The third kappa shape index (κ3) is 2.90. The molecule has 0 unspecified atom stereocenters. The van der Waals surface area contributed by atoms with Crippen molar-refractivity contribution in [2.75, 3.05) is 5.73 Å². The maximum atomic E-state index is 5.92. The van der Waals surface area contributed by atoms with Gasteiger partial charge in [0.15, 0.2) is 0 Å². The van der Waals surface area contributed by atoms with Gasteiger partial charge in [0.25, 0.3) is 0 Å². The van der Waals surface area contributed by atoms with Crippen molar-refractivity contribution in [3.63, 3.8) is 0 Å². The zero-order valence-corrected chi connectivity index (χ0v) is 10.1. The molecule has 0 aliphatic carbocycles. The number of thioether (sulfide) groups is 1. The summed E-state index contributed by atoms with van der Waals surface area (Å²) in [6, 6.07) is 9.51. The van der Waals surface area contributed by atoms with E-state index in [0.29, 0.717) is 5.02 Å². The van der Waals surface area contributed by atoms with Crippen molar-refractivity contribution in [3.05, 3.63) is 53.3 Å². The van der Waals surface area contributed by atoms with Gasteiger partial charge in [-0.15, -0.1) is 11.8 Å². The maximum absolute atomic E-state index is 5.92. The molecule has 1 heterocycles. The van der Waals surface area contributed by atoms with Gasteiger partial charge in [-0.3, -0.25) is 4.98 Å². The van der Waals surface area contributed by atoms with Crippen molar-refractivity contribution in [2.24, 2.45) is 0 Å². The SMILES string of the molecule is Nc1ccc(Cl)cc1SCc1ccncc1. The summed E-state index contributed by atoms with van der Waals surface area (Å²) >= 11 is 7.60. The first-order valence-corrected chi connectivity index (χ1v) is 6.19. The van der Waals surface area contributed by atoms with Gasteiger partial charge in [-0.05, 0) is 35.9 Å². The Balaban J connectivity index is 2.08. The summed E-state index contributed by atoms with van der Waals surface area (Å²) in [4.78, 5) is 4.99. The summed E-state index contributed by atoms with van der Waals surface area (Å²) in [5.74, 6) is 0.868. The van der Waals surface area contributed by atoms with Gasteiger partial charge < -0.3 is 5.73 Å². The Kier molecular flexibility index (Phi) is 3.70. The van der Waals surface area contributed by atoms with Crippen LogP contribution in [0, 0.1) is 0 Å². The number of hydrogen-bond acceptors (Lipinski definition) is 3. The predicted molar refractivity (Wildman–Crippen MR) is 69.7 cm³/mol. The molecule has 82 valence electrons. The molecule has 0 aliphatic heterocycles. The molecule has 0 aliphatic rings. The molecular weight excluding hydrogens is 240 g/mol. The van der Waals surface area contributed by atoms with E-state index >= 15 is 0 Å². The standard InChI is InChI=1S/C12H11ClN2S/c13-10-1-2-11(14)12(7-10)16-8-9-3-5-15-6-4-9/h1-7H,8,14H2. The minimum atomic E-state index is 0.714. The first kappa shape index (κ1) is 11.3. The maximum Gasteiger partial charge on any atom is 0.0453 e. The van der Waals surface area contributed by atoms with E-state index in [1.165, 1.54) is 5.56 Å². The monoisotopic (exact) mass is 250 g/mol. The molecule has 0 fully saturated rings. The van der Waals surface area contributed by atoms with Crippen LogP contribution in [0.1, 0.15) is 5.56 Å². The van der Waals surface area contributed by atoms with Gasteiger partial charge in [0.2, 0.25) is 0 Å². The Morgan fingerprint density at radius 3 is 2.69 bits per heavy atom. The topological polar surface area (TPSA) is 38.9 Å². The van der Waals surface area contributed by atoms with E-state index in [1.807, 2.05) is 24.3 Å². The molecule has 4 heteroatoms. The molecule has 2 nitrogen and oxygen atoms in total. The lowest BCUT2D eigenvalue weighted by molar-refractivity contribution is 1.27. The van der Waals surface area contributed by atoms with Crippen molar-refractivity contribution < 1.29 is 0 Å². The Bertz CT molecular complexity index is 474. The number of nitrogens with two attached hydrogens (primary N) is 1. The Morgan fingerprint density at radius 1 is 1.19 bits per heavy atom. The fourth-order valence-electron chi connectivity index (χ4n) is 1.27. The van der Waals surface area contributed by atoms with Crippen LogP contribution in [0.3, 0.4) is 0 Å². The van der Waals surface area contributed by atoms with Gasteiger partial charge in [-0.1, -0.05) is 11.6 Å². The number of hydrogen-bond donors (Lipinski definition) is 1. The van der Waals surface area contributed by atoms with Crippen LogP contribution in [0.4, 0.5) is 5.69 Å². The van der Waals surface area contributed by atoms with Crippen LogP contribution >= 0.6 is 23.4 Å². The number of benzene rings is 1. The lowest BCUT2D eigenvalue weighted by atomic mass is 10.3. The Labute approximate surface area is 104 Å². The van der Waals surface area contributed by atoms with Crippen molar-refractivity contribution in [1.82, 2.24) is 4.98 Å². The zero-order chi connectivity index (χ0) is 11.4. The fraction of sp³-hybridized carbons (Fsp3) is 0.0833. The molecule has 0 saturated carbocycles. The van der Waals surface area contributed by atoms with Gasteiger partial charge in [0.05, 0.1) is 0 Å². The highest BCUT2D eigenvalue weighted by molar-refractivity contribution is 7.98. The van der Waals surface area contributed by atoms with Crippen molar-refractivity contribution in [1.29, 1.82) is 0 Å². The van der Waals surface area contributed by atoms with Gasteiger partial charge >= 0.3 is 0 Å². The van der Waals surface area contributed by atoms with Gasteiger partial charge in [0, 0.05) is 33.8 Å². The molecule has 0 amide bonds. The van der Waals surface area contributed by atoms with Crippen LogP contribution in [0.5, 0.6) is 0 Å². The molecule has 2 rings (SSSR count). The summed E-state index contributed by atoms with van der Waals surface area (Å²) in [5, 5.41) is 0.714. The Hall–Kier alpha value is -1.19. The molecule has 1 aromatic heterocycles. The van der Waals surface area contributed by atoms with Crippen molar-refractivity contribution in [2.45, 2.75) is 10.6 Å². The first-order valence-electron chi connectivity index (χ1n) is 4.82. The van der Waals surface area contributed by atoms with E-state index in [4.69, 9.17) is 17.3 Å². The summed E-state index contributed by atoms with van der Waals surface area (Å²) in [5.41, 5.74) is 7.85. The van der Waals surface area contributed by atoms with Gasteiger partial charge in [-0.25, -0.2) is 0 Å². The first-order chi connectivity index (χ1) is 7.75. The number of pyridine rings is 1. The quantitative estimate of drug-likeness (QED) is 0.668. The number of halogens is 1. The average Bonchev–Trinajstić information content (AvgIpc) is 2.32. The van der Waals surface area contributed by atoms with E-state index in [1.54, 1.807) is 30.2 Å². The predicted octanol–water partition coefficient (Wildman–Crippen LogP) is 3.61. The lowest BCUT2D eigenvalue weighted by Gasteiger charge is -2.05. The number of nitrogen functional groups attached to an aromatic ring is 1. The molecule has 0 radical (unpaired) electrons. The van der Waals surface area contributed by atoms with Crippen LogP contribution in [-0.4, -0.2) is 4.98 Å². The summed E-state index contributed by atoms with van der Waals surface area (Å²) in [7, 11) is 0. The molecule has 2 N–H and O–H groups in total. The zero-order valence-electron chi connectivity index (χ0n) is 8.56. The minimum absolute atomic E-state index is 0.714. The van der Waals surface area contributed by atoms with Crippen LogP contribution in [0.2, 0.25) is 5.02 Å². The summed E-state index contributed by atoms with van der Waals surface area (Å²) in [6.07, 6.45) is 3.58. The number of rotatable bonds is 3. The van der Waals surface area contributed by atoms with E-state index in [-0.39, 0.29) is 0 Å². The highest BCUT2D eigenvalue weighted by Gasteiger charge is 2.01. The molecule has 0 spiro atoms. The minimum Gasteiger partial charge on any atom is -0.398 e. The summed E-state index contributed by atoms with van der Waals surface area (Å²) in [6.45, 7) is 0. The normalized spacial score (nSPS) is 10.3. The second-order valence-corrected chi connectivity index (χ2v) is 4.78. The highest BCUT2D eigenvalue weighted by Crippen LogP contribution is 2.30. The third-order valence-electron chi connectivity index (χ3n) is 2.12. The number of anilines is 1. The molecule has 1 aromatic carbocycles. The van der Waals surface area contributed by atoms with Crippen molar-refractivity contribution >= 4 is 29.1 Å². The van der Waals surface area contributed by atoms with Crippen LogP contribution < -0.4 is 5.73 Å². The van der Waals surface area contributed by atoms with Crippen molar-refractivity contribution in [3.8, 4) is 0 Å². The largest absolute Gasteiger partial charge is 0.398 e. The number of aromatic nitrogens is 1. The average molecular weight is 251 g/mol. The number of nitrogens with zero attached hydrogens (tertiary/aromatic N) is 1. The van der Waals surface area contributed by atoms with E-state index < -0.39 is 0 Å². The molecule has 16 heavy (non-hydrogen) atoms. The van der Waals surface area contributed by atoms with Gasteiger partial charge in [0.1, 0.15) is 0 Å².